The van der Waals surface area contributed by atoms with Crippen molar-refractivity contribution in [3.63, 3.8) is 0 Å². The van der Waals surface area contributed by atoms with Gasteiger partial charge in [-0.3, -0.25) is 0 Å². The van der Waals surface area contributed by atoms with E-state index in [4.69, 9.17) is 0 Å². The molecule has 2 rings (SSSR count). The van der Waals surface area contributed by atoms with Crippen molar-refractivity contribution in [3.8, 4) is 0 Å². The predicted octanol–water partition coefficient (Wildman–Crippen LogP) is 1.69. The lowest BCUT2D eigenvalue weighted by Gasteiger charge is -1.99. The topological polar surface area (TPSA) is 54.5 Å². The molecule has 6 heteroatoms. The van der Waals surface area contributed by atoms with Crippen LogP contribution in [-0.4, -0.2) is 20.6 Å². The molecule has 0 fully saturated rings. The van der Waals surface area contributed by atoms with Crippen molar-refractivity contribution in [1.29, 1.82) is 0 Å². The Morgan fingerprint density at radius 1 is 1.43 bits per heavy atom. The van der Waals surface area contributed by atoms with Gasteiger partial charge in [-0.1, -0.05) is 21.1 Å². The second-order valence-corrected chi connectivity index (χ2v) is 3.66. The number of H-pyrrole nitrogens is 1. The van der Waals surface area contributed by atoms with E-state index in [1.165, 1.54) is 6.07 Å². The summed E-state index contributed by atoms with van der Waals surface area (Å²) in [5.41, 5.74) is 0.542. The van der Waals surface area contributed by atoms with Crippen molar-refractivity contribution < 1.29 is 4.39 Å². The monoisotopic (exact) mass is 256 g/mol. The number of hydrogen-bond donors (Lipinski definition) is 1. The smallest absolute Gasteiger partial charge is 0.179 e. The minimum Gasteiger partial charge on any atom is -0.207 e. The number of nitrogens with zero attached hydrogens (tertiary/aromatic N) is 3. The van der Waals surface area contributed by atoms with Gasteiger partial charge in [0.2, 0.25) is 0 Å². The summed E-state index contributed by atoms with van der Waals surface area (Å²) in [5.74, 6) is 0.208. The standard InChI is InChI=1S/C8H6BrFN4/c9-6-1-2-7(10)5(3-6)4-8-11-13-14-12-8/h1-3H,4H2,(H,11,12,13,14). The van der Waals surface area contributed by atoms with E-state index >= 15 is 0 Å². The summed E-state index contributed by atoms with van der Waals surface area (Å²) in [5, 5.41) is 13.2. The lowest BCUT2D eigenvalue weighted by Crippen LogP contribution is -1.94. The quantitative estimate of drug-likeness (QED) is 0.890. The number of hydrogen-bond acceptors (Lipinski definition) is 3. The Bertz CT molecular complexity index is 429. The number of nitrogens with one attached hydrogen (secondary N) is 1. The Morgan fingerprint density at radius 3 is 3.00 bits per heavy atom. The molecule has 0 aliphatic heterocycles. The van der Waals surface area contributed by atoms with E-state index in [-0.39, 0.29) is 5.82 Å². The molecule has 14 heavy (non-hydrogen) atoms. The van der Waals surface area contributed by atoms with Crippen molar-refractivity contribution in [2.24, 2.45) is 0 Å². The van der Waals surface area contributed by atoms with Crippen LogP contribution < -0.4 is 0 Å². The first-order valence-electron chi connectivity index (χ1n) is 3.92. The molecule has 0 bridgehead atoms. The third-order valence-corrected chi connectivity index (χ3v) is 2.24. The van der Waals surface area contributed by atoms with E-state index in [0.29, 0.717) is 17.8 Å². The van der Waals surface area contributed by atoms with Crippen molar-refractivity contribution in [3.05, 3.63) is 39.9 Å². The highest BCUT2D eigenvalue weighted by atomic mass is 79.9. The highest BCUT2D eigenvalue weighted by molar-refractivity contribution is 9.10. The first-order chi connectivity index (χ1) is 6.75. The van der Waals surface area contributed by atoms with Crippen LogP contribution in [0.2, 0.25) is 0 Å². The van der Waals surface area contributed by atoms with Gasteiger partial charge in [0.1, 0.15) is 5.82 Å². The molecule has 4 nitrogen and oxygen atoms in total. The first-order valence-corrected chi connectivity index (χ1v) is 4.71. The summed E-state index contributed by atoms with van der Waals surface area (Å²) < 4.78 is 14.1. The second kappa shape index (κ2) is 3.83. The zero-order valence-corrected chi connectivity index (χ0v) is 8.62. The molecule has 0 atom stereocenters. The molecule has 72 valence electrons. The van der Waals surface area contributed by atoms with E-state index < -0.39 is 0 Å². The maximum absolute atomic E-state index is 13.3. The normalized spacial score (nSPS) is 10.4. The van der Waals surface area contributed by atoms with E-state index in [0.717, 1.165) is 4.47 Å². The van der Waals surface area contributed by atoms with Gasteiger partial charge in [0, 0.05) is 10.9 Å². The van der Waals surface area contributed by atoms with Crippen molar-refractivity contribution in [1.82, 2.24) is 20.6 Å². The minimum atomic E-state index is -0.266. The zero-order valence-electron chi connectivity index (χ0n) is 7.04. The SMILES string of the molecule is Fc1ccc(Br)cc1Cc1nn[nH]n1. The van der Waals surface area contributed by atoms with Crippen LogP contribution in [0.5, 0.6) is 0 Å². The minimum absolute atomic E-state index is 0.266. The Morgan fingerprint density at radius 2 is 2.29 bits per heavy atom. The van der Waals surface area contributed by atoms with E-state index in [1.807, 2.05) is 0 Å². The molecule has 2 aromatic rings. The maximum Gasteiger partial charge on any atom is 0.179 e. The number of rotatable bonds is 2. The molecule has 0 saturated heterocycles. The Kier molecular flexibility index (Phi) is 2.53. The molecular formula is C8H6BrFN4. The number of halogens is 2. The molecule has 0 spiro atoms. The van der Waals surface area contributed by atoms with Crippen molar-refractivity contribution >= 4 is 15.9 Å². The van der Waals surface area contributed by atoms with Gasteiger partial charge >= 0.3 is 0 Å². The van der Waals surface area contributed by atoms with Gasteiger partial charge in [-0.05, 0) is 23.8 Å². The largest absolute Gasteiger partial charge is 0.207 e. The summed E-state index contributed by atoms with van der Waals surface area (Å²) in [4.78, 5) is 0. The molecular weight excluding hydrogens is 251 g/mol. The lowest BCUT2D eigenvalue weighted by molar-refractivity contribution is 0.612. The van der Waals surface area contributed by atoms with Gasteiger partial charge in [0.25, 0.3) is 0 Å². The number of aromatic amines is 1. The summed E-state index contributed by atoms with van der Waals surface area (Å²) in [6, 6.07) is 4.75. The van der Waals surface area contributed by atoms with Crippen molar-refractivity contribution in [2.45, 2.75) is 6.42 Å². The molecule has 0 saturated carbocycles. The van der Waals surface area contributed by atoms with Crippen LogP contribution >= 0.6 is 15.9 Å². The van der Waals surface area contributed by atoms with Crippen LogP contribution in [0, 0.1) is 5.82 Å². The average Bonchev–Trinajstić information content (AvgIpc) is 2.64. The van der Waals surface area contributed by atoms with E-state index in [9.17, 15) is 4.39 Å². The molecule has 0 unspecified atom stereocenters. The van der Waals surface area contributed by atoms with Gasteiger partial charge in [-0.25, -0.2) is 4.39 Å². The fraction of sp³-hybridized carbons (Fsp3) is 0.125. The maximum atomic E-state index is 13.3. The molecule has 0 amide bonds. The van der Waals surface area contributed by atoms with Crippen LogP contribution in [0.25, 0.3) is 0 Å². The number of benzene rings is 1. The molecule has 0 radical (unpaired) electrons. The molecule has 1 aromatic heterocycles. The first kappa shape index (κ1) is 9.26. The van der Waals surface area contributed by atoms with Crippen molar-refractivity contribution in [2.75, 3.05) is 0 Å². The Hall–Kier alpha value is -1.30. The van der Waals surface area contributed by atoms with Crippen LogP contribution in [0.4, 0.5) is 4.39 Å². The summed E-state index contributed by atoms with van der Waals surface area (Å²) >= 11 is 3.27. The Labute approximate surface area is 87.7 Å². The number of aromatic nitrogens is 4. The third-order valence-electron chi connectivity index (χ3n) is 1.75. The molecule has 0 aliphatic rings. The lowest BCUT2D eigenvalue weighted by atomic mass is 10.1. The second-order valence-electron chi connectivity index (χ2n) is 2.74. The van der Waals surface area contributed by atoms with Gasteiger partial charge < -0.3 is 0 Å². The average molecular weight is 257 g/mol. The zero-order chi connectivity index (χ0) is 9.97. The van der Waals surface area contributed by atoms with Gasteiger partial charge in [-0.2, -0.15) is 5.21 Å². The van der Waals surface area contributed by atoms with Gasteiger partial charge in [0.05, 0.1) is 0 Å². The predicted molar refractivity (Wildman–Crippen MR) is 51.1 cm³/mol. The van der Waals surface area contributed by atoms with Crippen LogP contribution in [0.15, 0.2) is 22.7 Å². The van der Waals surface area contributed by atoms with E-state index in [2.05, 4.69) is 36.6 Å². The van der Waals surface area contributed by atoms with Gasteiger partial charge in [-0.15, -0.1) is 10.2 Å². The fourth-order valence-electron chi connectivity index (χ4n) is 1.11. The fourth-order valence-corrected chi connectivity index (χ4v) is 1.52. The third kappa shape index (κ3) is 1.95. The summed E-state index contributed by atoms with van der Waals surface area (Å²) in [7, 11) is 0. The summed E-state index contributed by atoms with van der Waals surface area (Å²) in [6.07, 6.45) is 0.335. The highest BCUT2D eigenvalue weighted by Crippen LogP contribution is 2.17. The molecule has 1 heterocycles. The molecule has 1 aromatic carbocycles. The van der Waals surface area contributed by atoms with E-state index in [1.54, 1.807) is 12.1 Å². The van der Waals surface area contributed by atoms with Crippen LogP contribution in [0.3, 0.4) is 0 Å². The molecule has 1 N–H and O–H groups in total. The van der Waals surface area contributed by atoms with Crippen LogP contribution in [-0.2, 0) is 6.42 Å². The van der Waals surface area contributed by atoms with Crippen LogP contribution in [0.1, 0.15) is 11.4 Å². The number of tetrazole rings is 1. The summed E-state index contributed by atoms with van der Waals surface area (Å²) in [6.45, 7) is 0. The Balaban J connectivity index is 2.28. The molecule has 0 aliphatic carbocycles. The highest BCUT2D eigenvalue weighted by Gasteiger charge is 2.06. The van der Waals surface area contributed by atoms with Gasteiger partial charge in [0.15, 0.2) is 5.82 Å².